The summed E-state index contributed by atoms with van der Waals surface area (Å²) < 4.78 is 257. The van der Waals surface area contributed by atoms with Crippen LogP contribution in [0.25, 0.3) is 0 Å². The Labute approximate surface area is 869 Å². The van der Waals surface area contributed by atoms with E-state index in [1.165, 1.54) is 65.9 Å². The van der Waals surface area contributed by atoms with Gasteiger partial charge in [0.25, 0.3) is 0 Å². The van der Waals surface area contributed by atoms with Crippen molar-refractivity contribution in [2.45, 2.75) is 387 Å². The van der Waals surface area contributed by atoms with Crippen LogP contribution in [0.3, 0.4) is 0 Å². The average Bonchev–Trinajstić information content (AvgIpc) is 1.58. The molecule has 0 N–H and O–H groups in total. The predicted octanol–water partition coefficient (Wildman–Crippen LogP) is 30.6. The van der Waals surface area contributed by atoms with Gasteiger partial charge in [-0.05, 0) is 339 Å². The Morgan fingerprint density at radius 1 is 0.324 bits per heavy atom. The van der Waals surface area contributed by atoms with Crippen molar-refractivity contribution in [1.82, 2.24) is 34.3 Å². The van der Waals surface area contributed by atoms with E-state index >= 15 is 0 Å². The highest BCUT2D eigenvalue weighted by Crippen LogP contribution is 2.51. The van der Waals surface area contributed by atoms with E-state index < -0.39 is 147 Å². The summed E-state index contributed by atoms with van der Waals surface area (Å²) in [6, 6.07) is 18.2. The highest BCUT2D eigenvalue weighted by molar-refractivity contribution is 6.34. The molecule has 0 radical (unpaired) electrons. The van der Waals surface area contributed by atoms with Crippen molar-refractivity contribution in [3.8, 4) is 11.5 Å². The summed E-state index contributed by atoms with van der Waals surface area (Å²) in [6.45, 7) is 54.1. The monoisotopic (exact) mass is 2170 g/mol. The third-order valence-corrected chi connectivity index (χ3v) is 26.6. The molecule has 8 fully saturated rings. The number of amides is 7. The number of cyclic esters (lactones) is 7. The molecular weight excluding hydrogens is 2040 g/mol. The zero-order valence-corrected chi connectivity index (χ0v) is 91.3. The molecule has 7 heterocycles. The molecule has 23 nitrogen and oxygen atoms in total. The van der Waals surface area contributed by atoms with E-state index in [2.05, 4.69) is 27.7 Å². The Balaban J connectivity index is 0.000000211. The molecule has 824 valence electrons. The molecule has 6 aromatic rings. The summed E-state index contributed by atoms with van der Waals surface area (Å²) in [5.74, 6) is -2.60. The van der Waals surface area contributed by atoms with E-state index in [4.69, 9.17) is 77.4 Å². The quantitative estimate of drug-likeness (QED) is 0.0706. The van der Waals surface area contributed by atoms with Gasteiger partial charge in [-0.1, -0.05) is 54.1 Å². The van der Waals surface area contributed by atoms with Gasteiger partial charge < -0.3 is 42.6 Å². The lowest BCUT2D eigenvalue weighted by atomic mass is 9.82. The van der Waals surface area contributed by atoms with Crippen molar-refractivity contribution in [3.63, 3.8) is 0 Å². The lowest BCUT2D eigenvalue weighted by molar-refractivity contribution is -0.144. The van der Waals surface area contributed by atoms with Crippen molar-refractivity contribution >= 4 is 77.5 Å². The molecule has 42 heteroatoms. The lowest BCUT2D eigenvalue weighted by Gasteiger charge is -2.41. The molecule has 7 amide bonds. The maximum atomic E-state index is 13.4. The third kappa shape index (κ3) is 29.7. The number of benzene rings is 6. The van der Waals surface area contributed by atoms with Crippen LogP contribution in [0.1, 0.15) is 319 Å². The summed E-state index contributed by atoms with van der Waals surface area (Å²) in [4.78, 5) is 95.5. The number of rotatable bonds is 10. The normalized spacial score (nSPS) is 23.6. The summed E-state index contributed by atoms with van der Waals surface area (Å²) >= 11 is 17.8. The summed E-state index contributed by atoms with van der Waals surface area (Å²) in [6.07, 6.45) is -20.3. The van der Waals surface area contributed by atoms with Crippen LogP contribution < -0.4 is 9.47 Å². The second-order valence-corrected chi connectivity index (χ2v) is 46.6. The maximum Gasteiger partial charge on any atom is 0.416 e. The van der Waals surface area contributed by atoms with Crippen LogP contribution in [0, 0.1) is 29.2 Å². The largest absolute Gasteiger partial charge is 0.497 e. The van der Waals surface area contributed by atoms with Gasteiger partial charge in [-0.2, -0.15) is 52.7 Å². The molecule has 1 aliphatic carbocycles. The van der Waals surface area contributed by atoms with Crippen molar-refractivity contribution in [2.75, 3.05) is 14.2 Å². The summed E-state index contributed by atoms with van der Waals surface area (Å²) in [7, 11) is 3.20. The van der Waals surface area contributed by atoms with Gasteiger partial charge in [0, 0.05) is 77.5 Å². The molecule has 1 saturated carbocycles. The molecular formula is C106H136Cl3F16N7O16. The average molecular weight is 2170 g/mol. The van der Waals surface area contributed by atoms with E-state index in [-0.39, 0.29) is 118 Å². The highest BCUT2D eigenvalue weighted by Gasteiger charge is 2.57. The van der Waals surface area contributed by atoms with Gasteiger partial charge in [-0.25, -0.2) is 51.1 Å². The van der Waals surface area contributed by atoms with Crippen LogP contribution in [0.4, 0.5) is 104 Å². The smallest absolute Gasteiger partial charge is 0.416 e. The molecule has 13 atom stereocenters. The minimum absolute atomic E-state index is 0.0141. The number of ether oxygens (including phenoxy) is 9. The molecule has 148 heavy (non-hydrogen) atoms. The first-order chi connectivity index (χ1) is 67.3. The molecule has 14 rings (SSSR count). The molecule has 0 bridgehead atoms. The number of methoxy groups -OCH3 is 2. The second kappa shape index (κ2) is 45.6. The molecule has 6 aromatic carbocycles. The Morgan fingerprint density at radius 2 is 0.622 bits per heavy atom. The van der Waals surface area contributed by atoms with Crippen LogP contribution in [-0.2, 0) is 64.3 Å². The number of hydrogen-bond acceptors (Lipinski definition) is 16. The van der Waals surface area contributed by atoms with Gasteiger partial charge in [0.15, 0.2) is 23.6 Å². The summed E-state index contributed by atoms with van der Waals surface area (Å²) in [5, 5.41) is 1.49. The predicted molar refractivity (Wildman–Crippen MR) is 526 cm³/mol. The standard InChI is InChI=1S/C17H19F6NO2.C16H17F6NO2.C16H23NO4.C15H19Cl2NO2.C14H17ClFNO2.C14H16F3NO2.C14H25NO2/c1-14(2,3)24-13(25)26-12(15(24,4)5)9-6-10(16(18,19)20)8-11(7-9)17(21,22)23;1-8-12(25-13(24)23(8)14(2,3)4)9-5-10(15(17,18)19)7-11(6-9)16(20,21)22;1-10-14(21-15(18)17(10)16(2,3)4)11-7-12(19-5)9-13(8-11)20-6;1-9-13(20-14(19)18(9)15(2,3)4)7-10-5-11(16)8-12(17)6-10;1-8-12(9-5-10(15)7-11(16)6-9)19-13(18)17(8)14(2,3)4;1-7-12(20-13(19)18(7)14(2,3)4)8-5-9(15)11(17)10(16)6-8;1-10-12(11-8-6-5-7-9-11)17-13(16)15(10)14(2,3)4/h6-8,12H,1-5H3;5-8,12H,1-4H3;7-10,14H,1-6H3;5-6,8-9,13H,7H2,1-4H3;5-8,12H,1-4H3;5-7,12H,1-4H3;10-12H,5-9H2,1-4H3/t12-;8-,12+;10-,14-;9-,13+;8-,12-;7-,12-;10-,12-/m1000000/s1. The molecule has 8 aliphatic rings. The summed E-state index contributed by atoms with van der Waals surface area (Å²) in [5.41, 5.74) is -7.99. The Morgan fingerprint density at radius 3 is 0.919 bits per heavy atom. The van der Waals surface area contributed by atoms with Crippen LogP contribution in [0.15, 0.2) is 103 Å². The molecule has 0 spiro atoms. The Bertz CT molecular complexity index is 5590. The molecule has 0 unspecified atom stereocenters. The lowest BCUT2D eigenvalue weighted by Crippen LogP contribution is -2.53. The van der Waals surface area contributed by atoms with Crippen LogP contribution in [0.5, 0.6) is 11.5 Å². The topological polar surface area (TPSA) is 225 Å². The number of carbonyl (C=O) groups excluding carboxylic acids is 7. The van der Waals surface area contributed by atoms with Gasteiger partial charge >= 0.3 is 67.4 Å². The van der Waals surface area contributed by atoms with Crippen molar-refractivity contribution in [3.05, 3.63) is 197 Å². The second-order valence-electron chi connectivity index (χ2n) is 45.3. The van der Waals surface area contributed by atoms with Gasteiger partial charge in [0.2, 0.25) is 0 Å². The van der Waals surface area contributed by atoms with E-state index in [0.29, 0.717) is 68.7 Å². The van der Waals surface area contributed by atoms with Gasteiger partial charge in [-0.3, -0.25) is 34.3 Å². The van der Waals surface area contributed by atoms with Crippen LogP contribution in [0.2, 0.25) is 15.1 Å². The van der Waals surface area contributed by atoms with Crippen molar-refractivity contribution in [2.24, 2.45) is 5.92 Å². The number of hydrogen-bond donors (Lipinski definition) is 0. The number of nitrogens with zero attached hydrogens (tertiary/aromatic N) is 7. The van der Waals surface area contributed by atoms with E-state index in [1.54, 1.807) is 109 Å². The van der Waals surface area contributed by atoms with Crippen LogP contribution >= 0.6 is 34.8 Å². The molecule has 7 saturated heterocycles. The van der Waals surface area contributed by atoms with E-state index in [9.17, 15) is 104 Å². The molecule has 0 aromatic heterocycles. The first kappa shape index (κ1) is 123. The number of carbonyl (C=O) groups is 7. The first-order valence-corrected chi connectivity index (χ1v) is 49.3. The van der Waals surface area contributed by atoms with Crippen molar-refractivity contribution < 1.29 is 146 Å². The van der Waals surface area contributed by atoms with Gasteiger partial charge in [0.1, 0.15) is 53.9 Å². The van der Waals surface area contributed by atoms with Gasteiger partial charge in [-0.15, -0.1) is 0 Å². The minimum atomic E-state index is -4.97. The fourth-order valence-electron chi connectivity index (χ4n) is 20.3. The Kier molecular flexibility index (Phi) is 37.8. The van der Waals surface area contributed by atoms with E-state index in [1.807, 2.05) is 133 Å². The van der Waals surface area contributed by atoms with Crippen molar-refractivity contribution in [1.29, 1.82) is 0 Å². The third-order valence-electron chi connectivity index (χ3n) is 26.0. The highest BCUT2D eigenvalue weighted by atomic mass is 35.5. The maximum absolute atomic E-state index is 13.4. The zero-order chi connectivity index (χ0) is 113. The SMILES string of the molecule is CC(C)(C)N1C(=O)O[C@H](c2cc(C(F)(F)F)cc(C(F)(F)F)c2)C1(C)C.COc1cc(OC)cc([C@H]2OC(=O)N(C(C)(C)C)[C@H]2C)c1.C[C@H]1[C@@H](C2CCCCC2)OC(=O)N1C(C)(C)C.C[C@H]1[C@@H](Cc2cc(Cl)cc(Cl)c2)OC(=O)N1C(C)(C)C.C[C@H]1[C@@H](c2cc(F)c(F)c(F)c2)OC(=O)N1C(C)(C)C.C[C@H]1[C@@H](c2cc(F)cc(Cl)c2)OC(=O)N1C(C)(C)C.C[C@H]1[C@H](c2cc(C(F)(F)F)cc(C(F)(F)F)c2)OC(=O)N1C(C)(C)C. The first-order valence-electron chi connectivity index (χ1n) is 48.1. The fourth-order valence-corrected chi connectivity index (χ4v) is 21.1. The Hall–Kier alpha value is -10.4. The molecule has 7 aliphatic heterocycles. The minimum Gasteiger partial charge on any atom is -0.497 e. The number of alkyl halides is 12. The number of halogens is 19. The fraction of sp³-hybridized carbons (Fsp3) is 0.594. The van der Waals surface area contributed by atoms with E-state index in [0.717, 1.165) is 23.3 Å². The van der Waals surface area contributed by atoms with Gasteiger partial charge in [0.05, 0.1) is 78.3 Å². The van der Waals surface area contributed by atoms with Crippen LogP contribution in [-0.4, -0.2) is 184 Å². The zero-order valence-electron chi connectivity index (χ0n) is 89.0.